The van der Waals surface area contributed by atoms with Gasteiger partial charge < -0.3 is 0 Å². The summed E-state index contributed by atoms with van der Waals surface area (Å²) in [5, 5.41) is 8.89. The topological polar surface area (TPSA) is 45.5 Å². The van der Waals surface area contributed by atoms with Gasteiger partial charge in [0.05, 0.1) is 5.36 Å². The third kappa shape index (κ3) is 2.38. The summed E-state index contributed by atoms with van der Waals surface area (Å²) in [6, 6.07) is 6.36. The molecule has 5 nitrogen and oxygen atoms in total. The van der Waals surface area contributed by atoms with Gasteiger partial charge in [0.25, 0.3) is 0 Å². The normalized spacial score (nSPS) is 13.7. The lowest BCUT2D eigenvalue weighted by Gasteiger charge is -2.25. The number of aromatic nitrogens is 2. The lowest BCUT2D eigenvalue weighted by Crippen LogP contribution is -2.50. The van der Waals surface area contributed by atoms with Crippen LogP contribution in [0.15, 0.2) is 42.0 Å². The number of unbranched alkanes of at least 4 members (excludes halogenated alkanes) is 1. The molecule has 0 atom stereocenters. The van der Waals surface area contributed by atoms with Crippen molar-refractivity contribution in [1.29, 1.82) is 0 Å². The van der Waals surface area contributed by atoms with E-state index < -0.39 is 0 Å². The van der Waals surface area contributed by atoms with Crippen molar-refractivity contribution in [3.63, 3.8) is 0 Å². The van der Waals surface area contributed by atoms with Crippen LogP contribution in [0.5, 0.6) is 0 Å². The smallest absolute Gasteiger partial charge is 0.123 e. The number of hydrogen-bond acceptors (Lipinski definition) is 5. The fourth-order valence-electron chi connectivity index (χ4n) is 2.19. The van der Waals surface area contributed by atoms with Gasteiger partial charge in [-0.25, -0.2) is 9.66 Å². The number of rotatable bonds is 4. The molecule has 1 aliphatic heterocycles. The van der Waals surface area contributed by atoms with Crippen LogP contribution < -0.4 is 21.2 Å². The molecule has 0 fully saturated rings. The van der Waals surface area contributed by atoms with E-state index in [1.807, 2.05) is 6.20 Å². The van der Waals surface area contributed by atoms with Gasteiger partial charge in [-0.15, -0.1) is 12.6 Å². The van der Waals surface area contributed by atoms with Gasteiger partial charge in [0.1, 0.15) is 11.4 Å². The van der Waals surface area contributed by atoms with E-state index >= 15 is 0 Å². The maximum Gasteiger partial charge on any atom is 0.123 e. The van der Waals surface area contributed by atoms with Crippen molar-refractivity contribution in [2.24, 2.45) is 5.10 Å². The number of fused-ring (bicyclic) bond motifs is 1. The molecule has 2 heterocycles. The Bertz CT molecular complexity index is 708. The zero-order valence-corrected chi connectivity index (χ0v) is 12.2. The van der Waals surface area contributed by atoms with Crippen LogP contribution in [-0.2, 0) is 6.42 Å². The van der Waals surface area contributed by atoms with Crippen LogP contribution in [0.2, 0.25) is 0 Å². The highest BCUT2D eigenvalue weighted by molar-refractivity contribution is 7.90. The second kappa shape index (κ2) is 5.58. The summed E-state index contributed by atoms with van der Waals surface area (Å²) in [4.78, 5) is 4.03. The van der Waals surface area contributed by atoms with Crippen molar-refractivity contribution in [2.45, 2.75) is 26.2 Å². The molecule has 0 radical (unpaired) electrons. The molecule has 0 amide bonds. The average Bonchev–Trinajstić information content (AvgIpc) is 2.99. The molecule has 0 saturated heterocycles. The fraction of sp³-hybridized carbons (Fsp3) is 0.286. The van der Waals surface area contributed by atoms with Crippen molar-refractivity contribution >= 4 is 17.7 Å². The maximum absolute atomic E-state index is 4.60. The van der Waals surface area contributed by atoms with Crippen molar-refractivity contribution in [3.05, 3.63) is 53.1 Å². The van der Waals surface area contributed by atoms with Crippen LogP contribution in [0.3, 0.4) is 0 Å². The lowest BCUT2D eigenvalue weighted by molar-refractivity contribution is 0.568. The van der Waals surface area contributed by atoms with E-state index in [-0.39, 0.29) is 0 Å². The Hall–Kier alpha value is -1.95. The van der Waals surface area contributed by atoms with E-state index in [9.17, 15) is 0 Å². The first-order chi connectivity index (χ1) is 9.79. The molecular formula is C14H17N5S. The molecule has 0 saturated carbocycles. The molecule has 1 aromatic heterocycles. The first-order valence-corrected chi connectivity index (χ1v) is 7.18. The largest absolute Gasteiger partial charge is 0.243 e. The van der Waals surface area contributed by atoms with Gasteiger partial charge in [0.2, 0.25) is 0 Å². The minimum atomic E-state index is 0.801. The maximum atomic E-state index is 4.60. The van der Waals surface area contributed by atoms with Crippen LogP contribution in [0.25, 0.3) is 5.03 Å². The fourth-order valence-corrected chi connectivity index (χ4v) is 2.53. The van der Waals surface area contributed by atoms with E-state index in [1.54, 1.807) is 22.3 Å². The summed E-state index contributed by atoms with van der Waals surface area (Å²) in [6.45, 7) is 2.20. The first-order valence-electron chi connectivity index (χ1n) is 6.73. The highest BCUT2D eigenvalue weighted by Crippen LogP contribution is 2.07. The molecule has 6 heteroatoms. The Balaban J connectivity index is 1.99. The Morgan fingerprint density at radius 1 is 1.35 bits per heavy atom. The number of hydrogen-bond donors (Lipinski definition) is 2. The van der Waals surface area contributed by atoms with Crippen LogP contribution in [0, 0.1) is 0 Å². The monoisotopic (exact) mass is 287 g/mol. The van der Waals surface area contributed by atoms with Gasteiger partial charge in [-0.3, -0.25) is 0 Å². The lowest BCUT2D eigenvalue weighted by atomic mass is 10.1. The van der Waals surface area contributed by atoms with Gasteiger partial charge >= 0.3 is 0 Å². The minimum absolute atomic E-state index is 0.801. The highest BCUT2D eigenvalue weighted by Gasteiger charge is 2.12. The van der Waals surface area contributed by atoms with E-state index in [1.165, 1.54) is 18.4 Å². The second-order valence-electron chi connectivity index (χ2n) is 4.74. The summed E-state index contributed by atoms with van der Waals surface area (Å²) in [5.41, 5.74) is 4.29. The van der Waals surface area contributed by atoms with Gasteiger partial charge in [-0.05, 0) is 30.5 Å². The molecular weight excluding hydrogens is 270 g/mol. The Kier molecular flexibility index (Phi) is 3.64. The van der Waals surface area contributed by atoms with Crippen molar-refractivity contribution in [2.75, 3.05) is 5.12 Å². The van der Waals surface area contributed by atoms with Crippen LogP contribution in [0.1, 0.15) is 25.3 Å². The number of benzene rings is 1. The van der Waals surface area contributed by atoms with Crippen LogP contribution in [0.4, 0.5) is 0 Å². The predicted molar refractivity (Wildman–Crippen MR) is 81.8 cm³/mol. The molecule has 1 aliphatic rings. The SMILES string of the molecule is CCCCc1ccc2c(c1)=NNN(n1ccnc1)C=2S. The Labute approximate surface area is 123 Å². The number of nitrogens with one attached hydrogen (secondary N) is 1. The molecule has 0 bridgehead atoms. The van der Waals surface area contributed by atoms with Gasteiger partial charge in [0, 0.05) is 17.6 Å². The van der Waals surface area contributed by atoms with E-state index in [4.69, 9.17) is 0 Å². The molecule has 1 aromatic carbocycles. The Morgan fingerprint density at radius 2 is 2.25 bits per heavy atom. The predicted octanol–water partition coefficient (Wildman–Crippen LogP) is 0.912. The highest BCUT2D eigenvalue weighted by atomic mass is 32.1. The number of thiol groups is 1. The third-order valence-corrected chi connectivity index (χ3v) is 3.74. The first kappa shape index (κ1) is 13.1. The molecule has 0 unspecified atom stereocenters. The van der Waals surface area contributed by atoms with Crippen LogP contribution in [-0.4, -0.2) is 9.66 Å². The summed E-state index contributed by atoms with van der Waals surface area (Å²) in [6.07, 6.45) is 8.73. The summed E-state index contributed by atoms with van der Waals surface area (Å²) in [7, 11) is 0. The van der Waals surface area contributed by atoms with E-state index in [0.29, 0.717) is 0 Å². The van der Waals surface area contributed by atoms with E-state index in [2.05, 4.69) is 53.4 Å². The van der Waals surface area contributed by atoms with Crippen molar-refractivity contribution in [1.82, 2.24) is 15.2 Å². The summed E-state index contributed by atoms with van der Waals surface area (Å²) in [5.74, 6) is 0. The zero-order valence-electron chi connectivity index (χ0n) is 11.3. The van der Waals surface area contributed by atoms with Gasteiger partial charge in [0.15, 0.2) is 0 Å². The summed E-state index contributed by atoms with van der Waals surface area (Å²) < 4.78 is 1.79. The van der Waals surface area contributed by atoms with Crippen LogP contribution >= 0.6 is 12.6 Å². The standard InChI is InChI=1S/C14H17N5S/c1-2-3-4-11-5-6-12-13(9-11)16-17-19(14(12)20)18-8-7-15-10-18/h5-10,17,20H,2-4H2,1H3. The quantitative estimate of drug-likeness (QED) is 0.822. The number of hydrazine groups is 1. The number of nitrogens with zero attached hydrogens (tertiary/aromatic N) is 4. The molecule has 2 aromatic rings. The third-order valence-electron chi connectivity index (χ3n) is 3.31. The molecule has 0 aliphatic carbocycles. The average molecular weight is 287 g/mol. The number of imidazole rings is 1. The second-order valence-corrected chi connectivity index (χ2v) is 5.17. The zero-order chi connectivity index (χ0) is 13.9. The van der Waals surface area contributed by atoms with Crippen molar-refractivity contribution < 1.29 is 0 Å². The van der Waals surface area contributed by atoms with Crippen molar-refractivity contribution in [3.8, 4) is 0 Å². The molecule has 1 N–H and O–H groups in total. The molecule has 20 heavy (non-hydrogen) atoms. The van der Waals surface area contributed by atoms with Gasteiger partial charge in [-0.2, -0.15) is 15.8 Å². The Morgan fingerprint density at radius 3 is 3.00 bits per heavy atom. The summed E-state index contributed by atoms with van der Waals surface area (Å²) >= 11 is 4.60. The minimum Gasteiger partial charge on any atom is -0.243 e. The van der Waals surface area contributed by atoms with Gasteiger partial charge in [-0.1, -0.05) is 19.4 Å². The molecule has 104 valence electrons. The van der Waals surface area contributed by atoms with E-state index in [0.717, 1.165) is 22.0 Å². The number of aryl methyl sites for hydroxylation is 1. The molecule has 0 spiro atoms. The molecule has 3 rings (SSSR count).